The summed E-state index contributed by atoms with van der Waals surface area (Å²) in [6, 6.07) is 14.1. The van der Waals surface area contributed by atoms with Crippen molar-refractivity contribution in [3.63, 3.8) is 0 Å². The van der Waals surface area contributed by atoms with Gasteiger partial charge in [0.1, 0.15) is 0 Å². The molecule has 0 bridgehead atoms. The summed E-state index contributed by atoms with van der Waals surface area (Å²) < 4.78 is 5.79. The van der Waals surface area contributed by atoms with Crippen LogP contribution in [0.1, 0.15) is 15.2 Å². The number of benzene rings is 1. The van der Waals surface area contributed by atoms with Crippen molar-refractivity contribution in [2.75, 3.05) is 19.7 Å². The van der Waals surface area contributed by atoms with E-state index in [4.69, 9.17) is 4.74 Å². The first kappa shape index (κ1) is 13.3. The van der Waals surface area contributed by atoms with E-state index in [0.717, 1.165) is 11.3 Å². The van der Waals surface area contributed by atoms with Crippen LogP contribution in [0.25, 0.3) is 0 Å². The van der Waals surface area contributed by atoms with Gasteiger partial charge in [-0.3, -0.25) is 4.79 Å². The van der Waals surface area contributed by atoms with Gasteiger partial charge in [0.2, 0.25) is 0 Å². The Labute approximate surface area is 122 Å². The molecule has 1 saturated heterocycles. The third-order valence-electron chi connectivity index (χ3n) is 3.46. The molecule has 0 radical (unpaired) electrons. The van der Waals surface area contributed by atoms with Gasteiger partial charge in [-0.2, -0.15) is 0 Å². The Morgan fingerprint density at radius 3 is 2.85 bits per heavy atom. The molecule has 0 spiro atoms. The number of hydrogen-bond acceptors (Lipinski definition) is 3. The van der Waals surface area contributed by atoms with Crippen molar-refractivity contribution in [2.45, 2.75) is 12.5 Å². The van der Waals surface area contributed by atoms with Crippen LogP contribution in [0.5, 0.6) is 0 Å². The lowest BCUT2D eigenvalue weighted by molar-refractivity contribution is -0.0206. The summed E-state index contributed by atoms with van der Waals surface area (Å²) in [6.45, 7) is 1.97. The molecule has 4 heteroatoms. The first-order valence-electron chi connectivity index (χ1n) is 6.81. The Morgan fingerprint density at radius 2 is 2.10 bits per heavy atom. The van der Waals surface area contributed by atoms with Gasteiger partial charge in [-0.15, -0.1) is 11.3 Å². The van der Waals surface area contributed by atoms with E-state index in [1.54, 1.807) is 0 Å². The molecule has 0 unspecified atom stereocenters. The Kier molecular flexibility index (Phi) is 4.14. The summed E-state index contributed by atoms with van der Waals surface area (Å²) in [5, 5.41) is 1.94. The smallest absolute Gasteiger partial charge is 0.264 e. The Hall–Kier alpha value is -1.65. The fraction of sp³-hybridized carbons (Fsp3) is 0.312. The highest BCUT2D eigenvalue weighted by atomic mass is 32.1. The number of rotatable bonds is 3. The average Bonchev–Trinajstić information content (AvgIpc) is 3.02. The topological polar surface area (TPSA) is 29.5 Å². The fourth-order valence-corrected chi connectivity index (χ4v) is 3.15. The number of nitrogens with zero attached hydrogens (tertiary/aromatic N) is 1. The number of hydrogen-bond donors (Lipinski definition) is 0. The van der Waals surface area contributed by atoms with Crippen molar-refractivity contribution in [1.29, 1.82) is 0 Å². The maximum absolute atomic E-state index is 12.3. The summed E-state index contributed by atoms with van der Waals surface area (Å²) in [5.41, 5.74) is 1.25. The Morgan fingerprint density at radius 1 is 1.25 bits per heavy atom. The molecular formula is C16H17NO2S. The van der Waals surface area contributed by atoms with Crippen molar-refractivity contribution >= 4 is 17.2 Å². The zero-order chi connectivity index (χ0) is 13.8. The van der Waals surface area contributed by atoms with Gasteiger partial charge in [0.05, 0.1) is 17.6 Å². The third-order valence-corrected chi connectivity index (χ3v) is 4.32. The summed E-state index contributed by atoms with van der Waals surface area (Å²) >= 11 is 1.50. The lowest BCUT2D eigenvalue weighted by atomic mass is 10.1. The lowest BCUT2D eigenvalue weighted by Gasteiger charge is -2.32. The second-order valence-electron chi connectivity index (χ2n) is 4.91. The highest BCUT2D eigenvalue weighted by molar-refractivity contribution is 7.12. The second kappa shape index (κ2) is 6.20. The van der Waals surface area contributed by atoms with Crippen molar-refractivity contribution in [1.82, 2.24) is 4.90 Å². The van der Waals surface area contributed by atoms with Crippen LogP contribution in [0, 0.1) is 0 Å². The van der Waals surface area contributed by atoms with Gasteiger partial charge in [0.15, 0.2) is 0 Å². The normalized spacial score (nSPS) is 19.0. The minimum atomic E-state index is 0.0927. The first-order valence-corrected chi connectivity index (χ1v) is 7.69. The first-order chi connectivity index (χ1) is 9.83. The predicted molar refractivity (Wildman–Crippen MR) is 80.1 cm³/mol. The molecule has 1 fully saturated rings. The maximum atomic E-state index is 12.3. The number of amides is 1. The molecule has 0 aliphatic carbocycles. The van der Waals surface area contributed by atoms with Gasteiger partial charge in [-0.25, -0.2) is 0 Å². The van der Waals surface area contributed by atoms with Crippen LogP contribution >= 0.6 is 11.3 Å². The largest absolute Gasteiger partial charge is 0.374 e. The summed E-state index contributed by atoms with van der Waals surface area (Å²) in [7, 11) is 0. The van der Waals surface area contributed by atoms with E-state index in [9.17, 15) is 4.79 Å². The summed E-state index contributed by atoms with van der Waals surface area (Å²) in [6.07, 6.45) is 0.949. The molecule has 1 atom stereocenters. The van der Waals surface area contributed by atoms with Crippen LogP contribution in [0.15, 0.2) is 47.8 Å². The number of thiophene rings is 1. The van der Waals surface area contributed by atoms with E-state index in [0.29, 0.717) is 19.7 Å². The Bertz CT molecular complexity index is 553. The molecule has 1 aromatic carbocycles. The SMILES string of the molecule is O=C(c1cccs1)N1CCO[C@H](Cc2ccccc2)C1. The van der Waals surface area contributed by atoms with Gasteiger partial charge in [0.25, 0.3) is 5.91 Å². The quantitative estimate of drug-likeness (QED) is 0.869. The number of carbonyl (C=O) groups excluding carboxylic acids is 1. The van der Waals surface area contributed by atoms with Gasteiger partial charge in [-0.1, -0.05) is 36.4 Å². The van der Waals surface area contributed by atoms with Gasteiger partial charge in [0, 0.05) is 19.5 Å². The Balaban J connectivity index is 1.63. The molecule has 20 heavy (non-hydrogen) atoms. The molecule has 1 aromatic heterocycles. The van der Waals surface area contributed by atoms with E-state index in [1.165, 1.54) is 16.9 Å². The van der Waals surface area contributed by atoms with Crippen LogP contribution in [0.4, 0.5) is 0 Å². The van der Waals surface area contributed by atoms with Gasteiger partial charge in [-0.05, 0) is 17.0 Å². The van der Waals surface area contributed by atoms with E-state index in [2.05, 4.69) is 12.1 Å². The number of ether oxygens (including phenoxy) is 1. The number of carbonyl (C=O) groups is 1. The molecule has 3 rings (SSSR count). The zero-order valence-electron chi connectivity index (χ0n) is 11.2. The highest BCUT2D eigenvalue weighted by Gasteiger charge is 2.25. The van der Waals surface area contributed by atoms with Crippen LogP contribution in [0.2, 0.25) is 0 Å². The predicted octanol–water partition coefficient (Wildman–Crippen LogP) is 2.83. The van der Waals surface area contributed by atoms with E-state index < -0.39 is 0 Å². The van der Waals surface area contributed by atoms with Crippen molar-refractivity contribution in [3.05, 3.63) is 58.3 Å². The lowest BCUT2D eigenvalue weighted by Crippen LogP contribution is -2.46. The maximum Gasteiger partial charge on any atom is 0.264 e. The van der Waals surface area contributed by atoms with Crippen LogP contribution in [-0.4, -0.2) is 36.6 Å². The van der Waals surface area contributed by atoms with E-state index in [-0.39, 0.29) is 12.0 Å². The second-order valence-corrected chi connectivity index (χ2v) is 5.86. The molecule has 3 nitrogen and oxygen atoms in total. The molecular weight excluding hydrogens is 270 g/mol. The molecule has 1 aliphatic heterocycles. The fourth-order valence-electron chi connectivity index (χ4n) is 2.46. The minimum absolute atomic E-state index is 0.0927. The minimum Gasteiger partial charge on any atom is -0.374 e. The molecule has 2 aromatic rings. The monoisotopic (exact) mass is 287 g/mol. The zero-order valence-corrected chi connectivity index (χ0v) is 12.0. The van der Waals surface area contributed by atoms with E-state index >= 15 is 0 Å². The third kappa shape index (κ3) is 3.08. The van der Waals surface area contributed by atoms with Crippen LogP contribution in [0.3, 0.4) is 0 Å². The van der Waals surface area contributed by atoms with Crippen LogP contribution in [-0.2, 0) is 11.2 Å². The molecule has 0 saturated carbocycles. The average molecular weight is 287 g/mol. The van der Waals surface area contributed by atoms with Crippen molar-refractivity contribution in [2.24, 2.45) is 0 Å². The molecule has 104 valence electrons. The number of morpholine rings is 1. The highest BCUT2D eigenvalue weighted by Crippen LogP contribution is 2.17. The van der Waals surface area contributed by atoms with Gasteiger partial charge >= 0.3 is 0 Å². The van der Waals surface area contributed by atoms with E-state index in [1.807, 2.05) is 40.6 Å². The molecule has 2 heterocycles. The molecule has 1 amide bonds. The van der Waals surface area contributed by atoms with Gasteiger partial charge < -0.3 is 9.64 Å². The summed E-state index contributed by atoms with van der Waals surface area (Å²) in [5.74, 6) is 0.126. The standard InChI is InChI=1S/C16H17NO2S/c18-16(15-7-4-10-20-15)17-8-9-19-14(12-17)11-13-5-2-1-3-6-13/h1-7,10,14H,8-9,11-12H2/t14-/m1/s1. The molecule has 1 aliphatic rings. The van der Waals surface area contributed by atoms with Crippen LogP contribution < -0.4 is 0 Å². The molecule has 0 N–H and O–H groups in total. The summed E-state index contributed by atoms with van der Waals surface area (Å²) in [4.78, 5) is 15.1. The van der Waals surface area contributed by atoms with Crippen molar-refractivity contribution < 1.29 is 9.53 Å². The van der Waals surface area contributed by atoms with Crippen molar-refractivity contribution in [3.8, 4) is 0 Å².